The minimum atomic E-state index is -4.09. The highest BCUT2D eigenvalue weighted by Gasteiger charge is 2.21. The lowest BCUT2D eigenvalue weighted by Gasteiger charge is -2.08. The average Bonchev–Trinajstić information content (AvgIpc) is 2.84. The second-order valence-electron chi connectivity index (χ2n) is 3.56. The maximum atomic E-state index is 13.7. The predicted molar refractivity (Wildman–Crippen MR) is 66.2 cm³/mol. The van der Waals surface area contributed by atoms with E-state index >= 15 is 0 Å². The van der Waals surface area contributed by atoms with Gasteiger partial charge in [0.15, 0.2) is 5.82 Å². The van der Waals surface area contributed by atoms with Crippen LogP contribution < -0.4 is 10.5 Å². The summed E-state index contributed by atoms with van der Waals surface area (Å²) in [6, 6.07) is 2.11. The minimum Gasteiger partial charge on any atom is -0.396 e. The van der Waals surface area contributed by atoms with Crippen molar-refractivity contribution in [3.05, 3.63) is 35.1 Å². The molecule has 0 spiro atoms. The van der Waals surface area contributed by atoms with Crippen LogP contribution in [0.3, 0.4) is 0 Å². The van der Waals surface area contributed by atoms with Gasteiger partial charge in [0.05, 0.1) is 12.2 Å². The second-order valence-corrected chi connectivity index (χ2v) is 5.74. The molecule has 7 nitrogen and oxygen atoms in total. The van der Waals surface area contributed by atoms with Gasteiger partial charge in [-0.2, -0.15) is 5.10 Å². The first kappa shape index (κ1) is 13.7. The SMILES string of the molecule is Nc1cc(Cl)cc(S(=O)(=O)NCc2ncn[nH]2)c1F. The van der Waals surface area contributed by atoms with Crippen LogP contribution in [-0.4, -0.2) is 23.6 Å². The summed E-state index contributed by atoms with van der Waals surface area (Å²) in [4.78, 5) is 3.12. The van der Waals surface area contributed by atoms with E-state index in [1.807, 2.05) is 0 Å². The van der Waals surface area contributed by atoms with Crippen molar-refractivity contribution in [1.82, 2.24) is 19.9 Å². The number of H-pyrrole nitrogens is 1. The van der Waals surface area contributed by atoms with Crippen LogP contribution in [0.25, 0.3) is 0 Å². The van der Waals surface area contributed by atoms with E-state index in [-0.39, 0.29) is 17.3 Å². The third kappa shape index (κ3) is 3.00. The number of hydrogen-bond donors (Lipinski definition) is 3. The van der Waals surface area contributed by atoms with E-state index in [0.717, 1.165) is 12.1 Å². The van der Waals surface area contributed by atoms with Gasteiger partial charge in [-0.05, 0) is 12.1 Å². The molecule has 0 bridgehead atoms. The van der Waals surface area contributed by atoms with E-state index in [1.54, 1.807) is 0 Å². The fourth-order valence-corrected chi connectivity index (χ4v) is 2.75. The van der Waals surface area contributed by atoms with Gasteiger partial charge in [-0.15, -0.1) is 0 Å². The smallest absolute Gasteiger partial charge is 0.244 e. The number of rotatable bonds is 4. The number of hydrogen-bond acceptors (Lipinski definition) is 5. The van der Waals surface area contributed by atoms with Gasteiger partial charge in [-0.25, -0.2) is 22.5 Å². The number of nitrogen functional groups attached to an aromatic ring is 1. The van der Waals surface area contributed by atoms with Gasteiger partial charge in [-0.3, -0.25) is 5.10 Å². The molecule has 0 amide bonds. The molecule has 0 aliphatic carbocycles. The first-order valence-electron chi connectivity index (χ1n) is 4.98. The van der Waals surface area contributed by atoms with E-state index in [0.29, 0.717) is 5.82 Å². The highest BCUT2D eigenvalue weighted by molar-refractivity contribution is 7.89. The van der Waals surface area contributed by atoms with Crippen molar-refractivity contribution in [3.8, 4) is 0 Å². The van der Waals surface area contributed by atoms with Crippen LogP contribution in [0.1, 0.15) is 5.82 Å². The monoisotopic (exact) mass is 305 g/mol. The van der Waals surface area contributed by atoms with Crippen molar-refractivity contribution in [2.24, 2.45) is 0 Å². The Morgan fingerprint density at radius 2 is 2.21 bits per heavy atom. The minimum absolute atomic E-state index is 0.0268. The Kier molecular flexibility index (Phi) is 3.69. The maximum Gasteiger partial charge on any atom is 0.244 e. The zero-order valence-electron chi connectivity index (χ0n) is 9.39. The number of benzene rings is 1. The highest BCUT2D eigenvalue weighted by atomic mass is 35.5. The molecular weight excluding hydrogens is 297 g/mol. The van der Waals surface area contributed by atoms with Gasteiger partial charge >= 0.3 is 0 Å². The van der Waals surface area contributed by atoms with Crippen LogP contribution in [0.5, 0.6) is 0 Å². The molecule has 0 radical (unpaired) electrons. The van der Waals surface area contributed by atoms with Gasteiger partial charge in [0.2, 0.25) is 10.0 Å². The normalized spacial score (nSPS) is 11.7. The van der Waals surface area contributed by atoms with E-state index < -0.39 is 20.7 Å². The Morgan fingerprint density at radius 3 is 2.84 bits per heavy atom. The van der Waals surface area contributed by atoms with Crippen molar-refractivity contribution in [1.29, 1.82) is 0 Å². The summed E-state index contributed by atoms with van der Waals surface area (Å²) < 4.78 is 39.7. The lowest BCUT2D eigenvalue weighted by molar-refractivity contribution is 0.557. The molecule has 1 aromatic carbocycles. The zero-order chi connectivity index (χ0) is 14.0. The van der Waals surface area contributed by atoms with Crippen molar-refractivity contribution in [2.75, 3.05) is 5.73 Å². The summed E-state index contributed by atoms with van der Waals surface area (Å²) in [5.74, 6) is -0.756. The first-order valence-corrected chi connectivity index (χ1v) is 6.84. The fraction of sp³-hybridized carbons (Fsp3) is 0.111. The number of sulfonamides is 1. The van der Waals surface area contributed by atoms with E-state index in [9.17, 15) is 12.8 Å². The lowest BCUT2D eigenvalue weighted by atomic mass is 10.3. The molecule has 102 valence electrons. The topological polar surface area (TPSA) is 114 Å². The van der Waals surface area contributed by atoms with Gasteiger partial charge in [-0.1, -0.05) is 11.6 Å². The number of anilines is 1. The molecule has 0 saturated heterocycles. The molecule has 0 aliphatic heterocycles. The van der Waals surface area contributed by atoms with Crippen molar-refractivity contribution in [2.45, 2.75) is 11.4 Å². The molecule has 0 fully saturated rings. The molecule has 0 saturated carbocycles. The lowest BCUT2D eigenvalue weighted by Crippen LogP contribution is -2.25. The van der Waals surface area contributed by atoms with Gasteiger partial charge in [0, 0.05) is 5.02 Å². The zero-order valence-corrected chi connectivity index (χ0v) is 11.0. The molecule has 1 aromatic heterocycles. The predicted octanol–water partition coefficient (Wildman–Crippen LogP) is 0.658. The molecular formula is C9H9ClFN5O2S. The van der Waals surface area contributed by atoms with Crippen LogP contribution in [0, 0.1) is 5.82 Å². The maximum absolute atomic E-state index is 13.7. The third-order valence-corrected chi connectivity index (χ3v) is 3.83. The number of aromatic amines is 1. The molecule has 0 atom stereocenters. The summed E-state index contributed by atoms with van der Waals surface area (Å²) in [5, 5.41) is 6.05. The molecule has 1 heterocycles. The largest absolute Gasteiger partial charge is 0.396 e. The van der Waals surface area contributed by atoms with Crippen LogP contribution in [0.2, 0.25) is 5.02 Å². The Morgan fingerprint density at radius 1 is 1.47 bits per heavy atom. The van der Waals surface area contributed by atoms with E-state index in [1.165, 1.54) is 6.33 Å². The average molecular weight is 306 g/mol. The Hall–Kier alpha value is -1.71. The molecule has 2 aromatic rings. The summed E-state index contributed by atoms with van der Waals surface area (Å²) in [6.45, 7) is -0.159. The number of nitrogens with zero attached hydrogens (tertiary/aromatic N) is 2. The molecule has 4 N–H and O–H groups in total. The van der Waals surface area contributed by atoms with E-state index in [2.05, 4.69) is 19.9 Å². The fourth-order valence-electron chi connectivity index (χ4n) is 1.34. The summed E-state index contributed by atoms with van der Waals surface area (Å²) in [6.07, 6.45) is 1.22. The first-order chi connectivity index (χ1) is 8.90. The summed E-state index contributed by atoms with van der Waals surface area (Å²) >= 11 is 5.66. The number of nitrogens with one attached hydrogen (secondary N) is 2. The van der Waals surface area contributed by atoms with Crippen molar-refractivity contribution < 1.29 is 12.8 Å². The van der Waals surface area contributed by atoms with Crippen molar-refractivity contribution >= 4 is 27.3 Å². The standard InChI is InChI=1S/C9H9ClFN5O2S/c10-5-1-6(12)9(11)7(2-5)19(17,18)15-3-8-13-4-14-16-8/h1-2,4,15H,3,12H2,(H,13,14,16). The van der Waals surface area contributed by atoms with Crippen molar-refractivity contribution in [3.63, 3.8) is 0 Å². The van der Waals surface area contributed by atoms with Gasteiger partial charge in [0.1, 0.15) is 17.0 Å². The van der Waals surface area contributed by atoms with Crippen LogP contribution >= 0.6 is 11.6 Å². The van der Waals surface area contributed by atoms with Crippen LogP contribution in [-0.2, 0) is 16.6 Å². The number of nitrogens with two attached hydrogens (primary N) is 1. The van der Waals surface area contributed by atoms with E-state index in [4.69, 9.17) is 17.3 Å². The molecule has 2 rings (SSSR count). The number of aromatic nitrogens is 3. The van der Waals surface area contributed by atoms with Crippen LogP contribution in [0.4, 0.5) is 10.1 Å². The van der Waals surface area contributed by atoms with Gasteiger partial charge in [0.25, 0.3) is 0 Å². The Balaban J connectivity index is 2.29. The second kappa shape index (κ2) is 5.11. The van der Waals surface area contributed by atoms with Gasteiger partial charge < -0.3 is 5.73 Å². The highest BCUT2D eigenvalue weighted by Crippen LogP contribution is 2.25. The third-order valence-electron chi connectivity index (χ3n) is 2.22. The molecule has 0 unspecified atom stereocenters. The molecule has 10 heteroatoms. The van der Waals surface area contributed by atoms with Crippen LogP contribution in [0.15, 0.2) is 23.4 Å². The number of halogens is 2. The summed E-state index contributed by atoms with van der Waals surface area (Å²) in [5.41, 5.74) is 4.99. The molecule has 0 aliphatic rings. The molecule has 19 heavy (non-hydrogen) atoms. The Bertz CT molecular complexity index is 689. The quantitative estimate of drug-likeness (QED) is 0.718. The Labute approximate surface area is 113 Å². The summed E-state index contributed by atoms with van der Waals surface area (Å²) in [7, 11) is -4.09.